The summed E-state index contributed by atoms with van der Waals surface area (Å²) >= 11 is 12.8. The van der Waals surface area contributed by atoms with Gasteiger partial charge in [0.05, 0.1) is 22.3 Å². The van der Waals surface area contributed by atoms with E-state index in [1.54, 1.807) is 0 Å². The van der Waals surface area contributed by atoms with Crippen LogP contribution in [0.3, 0.4) is 0 Å². The first-order valence-corrected chi connectivity index (χ1v) is 16.4. The third-order valence-corrected chi connectivity index (χ3v) is 10.0. The Labute approximate surface area is 283 Å². The second kappa shape index (κ2) is 16.3. The SMILES string of the molecule is CC(=O)OCCOC1(c2ccccc2)CCN(CCCC2(c3ccc(Cl)c(Cl)c3)CCCN(C(=O)c3ccccc3)C2)CC1.Cl. The van der Waals surface area contributed by atoms with Crippen molar-refractivity contribution in [1.29, 1.82) is 0 Å². The average molecular weight is 674 g/mol. The fourth-order valence-electron chi connectivity index (χ4n) is 6.94. The van der Waals surface area contributed by atoms with Gasteiger partial charge in [-0.2, -0.15) is 0 Å². The van der Waals surface area contributed by atoms with Crippen molar-refractivity contribution in [2.45, 2.75) is 56.5 Å². The van der Waals surface area contributed by atoms with E-state index in [1.165, 1.54) is 12.5 Å². The van der Waals surface area contributed by atoms with Gasteiger partial charge in [0.2, 0.25) is 0 Å². The topological polar surface area (TPSA) is 59.1 Å². The van der Waals surface area contributed by atoms with Gasteiger partial charge in [-0.3, -0.25) is 9.59 Å². The number of rotatable bonds is 11. The van der Waals surface area contributed by atoms with E-state index in [9.17, 15) is 9.59 Å². The molecule has 0 N–H and O–H groups in total. The average Bonchev–Trinajstić information content (AvgIpc) is 3.05. The highest BCUT2D eigenvalue weighted by Gasteiger charge is 2.40. The van der Waals surface area contributed by atoms with Gasteiger partial charge in [-0.1, -0.05) is 77.8 Å². The van der Waals surface area contributed by atoms with Crippen LogP contribution in [-0.4, -0.2) is 67.6 Å². The molecule has 6 nitrogen and oxygen atoms in total. The van der Waals surface area contributed by atoms with Gasteiger partial charge in [0, 0.05) is 44.1 Å². The monoisotopic (exact) mass is 672 g/mol. The normalized spacial score (nSPS) is 19.8. The molecule has 9 heteroatoms. The molecule has 0 spiro atoms. The van der Waals surface area contributed by atoms with E-state index in [0.717, 1.165) is 75.8 Å². The second-order valence-electron chi connectivity index (χ2n) is 12.1. The summed E-state index contributed by atoms with van der Waals surface area (Å²) in [7, 11) is 0. The van der Waals surface area contributed by atoms with E-state index >= 15 is 0 Å². The van der Waals surface area contributed by atoms with Gasteiger partial charge in [0.15, 0.2) is 0 Å². The molecule has 2 aliphatic rings. The number of piperidine rings is 2. The largest absolute Gasteiger partial charge is 0.463 e. The van der Waals surface area contributed by atoms with Gasteiger partial charge >= 0.3 is 5.97 Å². The molecule has 3 aromatic rings. The number of carbonyl (C=O) groups is 2. The van der Waals surface area contributed by atoms with Gasteiger partial charge in [-0.15, -0.1) is 12.4 Å². The Kier molecular flexibility index (Phi) is 12.8. The summed E-state index contributed by atoms with van der Waals surface area (Å²) in [4.78, 5) is 29.3. The maximum Gasteiger partial charge on any atom is 0.302 e. The Morgan fingerprint density at radius 2 is 1.51 bits per heavy atom. The lowest BCUT2D eigenvalue weighted by molar-refractivity contribution is -0.147. The van der Waals surface area contributed by atoms with Crippen LogP contribution in [0.4, 0.5) is 0 Å². The smallest absolute Gasteiger partial charge is 0.302 e. The van der Waals surface area contributed by atoms with E-state index in [4.69, 9.17) is 32.7 Å². The fraction of sp³-hybridized carbons (Fsp3) is 0.444. The van der Waals surface area contributed by atoms with E-state index in [-0.39, 0.29) is 41.9 Å². The molecule has 1 unspecified atom stereocenters. The number of esters is 1. The molecule has 242 valence electrons. The number of amides is 1. The highest BCUT2D eigenvalue weighted by molar-refractivity contribution is 6.42. The quantitative estimate of drug-likeness (QED) is 0.153. The summed E-state index contributed by atoms with van der Waals surface area (Å²) in [5.41, 5.74) is 2.47. The van der Waals surface area contributed by atoms with E-state index in [2.05, 4.69) is 35.2 Å². The number of nitrogens with zero attached hydrogens (tertiary/aromatic N) is 2. The third kappa shape index (κ3) is 8.81. The summed E-state index contributed by atoms with van der Waals surface area (Å²) in [5.74, 6) is -0.210. The van der Waals surface area contributed by atoms with Crippen LogP contribution < -0.4 is 0 Å². The zero-order chi connectivity index (χ0) is 31.0. The van der Waals surface area contributed by atoms with Crippen molar-refractivity contribution >= 4 is 47.5 Å². The summed E-state index contributed by atoms with van der Waals surface area (Å²) in [6.07, 6.45) is 5.62. The number of likely N-dealkylation sites (tertiary alicyclic amines) is 2. The number of hydrogen-bond acceptors (Lipinski definition) is 5. The predicted molar refractivity (Wildman–Crippen MR) is 183 cm³/mol. The predicted octanol–water partition coefficient (Wildman–Crippen LogP) is 7.94. The van der Waals surface area contributed by atoms with Gasteiger partial charge in [-0.25, -0.2) is 0 Å². The molecule has 2 heterocycles. The molecule has 2 saturated heterocycles. The summed E-state index contributed by atoms with van der Waals surface area (Å²) < 4.78 is 11.6. The Bertz CT molecular complexity index is 1400. The molecule has 1 atom stereocenters. The Morgan fingerprint density at radius 3 is 2.18 bits per heavy atom. The molecular formula is C36H43Cl3N2O4. The molecule has 2 aliphatic heterocycles. The van der Waals surface area contributed by atoms with Crippen molar-refractivity contribution in [2.24, 2.45) is 0 Å². The molecular weight excluding hydrogens is 631 g/mol. The number of carbonyl (C=O) groups excluding carboxylic acids is 2. The zero-order valence-electron chi connectivity index (χ0n) is 25.9. The van der Waals surface area contributed by atoms with E-state index < -0.39 is 0 Å². The maximum absolute atomic E-state index is 13.5. The lowest BCUT2D eigenvalue weighted by Crippen LogP contribution is -2.49. The van der Waals surface area contributed by atoms with Gasteiger partial charge in [-0.05, 0) is 80.5 Å². The highest BCUT2D eigenvalue weighted by Crippen LogP contribution is 2.42. The molecule has 0 saturated carbocycles. The van der Waals surface area contributed by atoms with Gasteiger partial charge < -0.3 is 19.3 Å². The maximum atomic E-state index is 13.5. The first kappa shape index (κ1) is 35.2. The fourth-order valence-corrected chi connectivity index (χ4v) is 7.24. The highest BCUT2D eigenvalue weighted by atomic mass is 35.5. The lowest BCUT2D eigenvalue weighted by atomic mass is 9.70. The minimum Gasteiger partial charge on any atom is -0.463 e. The van der Waals surface area contributed by atoms with Crippen molar-refractivity contribution in [1.82, 2.24) is 9.80 Å². The third-order valence-electron chi connectivity index (χ3n) is 9.28. The van der Waals surface area contributed by atoms with Crippen LogP contribution in [0.5, 0.6) is 0 Å². The van der Waals surface area contributed by atoms with Crippen LogP contribution in [0, 0.1) is 0 Å². The number of benzene rings is 3. The molecule has 3 aromatic carbocycles. The molecule has 0 aliphatic carbocycles. The van der Waals surface area contributed by atoms with Crippen LogP contribution in [0.2, 0.25) is 10.0 Å². The van der Waals surface area contributed by atoms with Gasteiger partial charge in [0.1, 0.15) is 6.61 Å². The number of hydrogen-bond donors (Lipinski definition) is 0. The standard InChI is InChI=1S/C36H42Cl2N2O4.ClH/c1-28(41)43-24-25-44-36(30-12-6-3-7-13-30)18-22-39(23-19-36)20-8-16-35(31-14-15-32(37)33(38)26-31)17-9-21-40(27-35)34(42)29-10-4-2-5-11-29;/h2-7,10-15,26H,8-9,16-25,27H2,1H3;1H. The summed E-state index contributed by atoms with van der Waals surface area (Å²) in [6, 6.07) is 25.9. The van der Waals surface area contributed by atoms with E-state index in [1.807, 2.05) is 53.4 Å². The lowest BCUT2D eigenvalue weighted by Gasteiger charge is -2.45. The van der Waals surface area contributed by atoms with Crippen LogP contribution >= 0.6 is 35.6 Å². The Morgan fingerprint density at radius 1 is 0.822 bits per heavy atom. The van der Waals surface area contributed by atoms with Gasteiger partial charge in [0.25, 0.3) is 5.91 Å². The summed E-state index contributed by atoms with van der Waals surface area (Å²) in [5, 5.41) is 1.10. The summed E-state index contributed by atoms with van der Waals surface area (Å²) in [6.45, 7) is 6.26. The number of halogens is 3. The Hall–Kier alpha value is -2.61. The molecule has 1 amide bonds. The molecule has 0 radical (unpaired) electrons. The molecule has 5 rings (SSSR count). The zero-order valence-corrected chi connectivity index (χ0v) is 28.2. The Balaban J connectivity index is 0.00000461. The molecule has 0 bridgehead atoms. The van der Waals surface area contributed by atoms with Crippen LogP contribution in [0.25, 0.3) is 0 Å². The second-order valence-corrected chi connectivity index (χ2v) is 12.9. The molecule has 45 heavy (non-hydrogen) atoms. The molecule has 2 fully saturated rings. The number of ether oxygens (including phenoxy) is 2. The van der Waals surface area contributed by atoms with Crippen molar-refractivity contribution in [3.8, 4) is 0 Å². The van der Waals surface area contributed by atoms with Crippen LogP contribution in [0.15, 0.2) is 78.9 Å². The van der Waals surface area contributed by atoms with Crippen molar-refractivity contribution < 1.29 is 19.1 Å². The minimum atomic E-state index is -0.388. The first-order chi connectivity index (χ1) is 21.3. The van der Waals surface area contributed by atoms with Crippen LogP contribution in [-0.2, 0) is 25.3 Å². The minimum absolute atomic E-state index is 0. The molecule has 0 aromatic heterocycles. The van der Waals surface area contributed by atoms with Crippen molar-refractivity contribution in [3.05, 3.63) is 106 Å². The first-order valence-electron chi connectivity index (χ1n) is 15.7. The van der Waals surface area contributed by atoms with E-state index in [0.29, 0.717) is 23.2 Å². The van der Waals surface area contributed by atoms with Crippen molar-refractivity contribution in [2.75, 3.05) is 45.9 Å². The van der Waals surface area contributed by atoms with Crippen LogP contribution in [0.1, 0.15) is 66.9 Å². The van der Waals surface area contributed by atoms with Crippen molar-refractivity contribution in [3.63, 3.8) is 0 Å².